The lowest BCUT2D eigenvalue weighted by Gasteiger charge is -2.19. The first-order chi connectivity index (χ1) is 12.1. The van der Waals surface area contributed by atoms with Crippen molar-refractivity contribution in [3.05, 3.63) is 30.4 Å². The lowest BCUT2D eigenvalue weighted by atomic mass is 10.0. The Hall–Kier alpha value is -2.11. The van der Waals surface area contributed by atoms with Crippen LogP contribution in [0.2, 0.25) is 0 Å². The number of carbonyl (C=O) groups is 1. The molecule has 1 saturated carbocycles. The largest absolute Gasteiger partial charge is 0.342 e. The third kappa shape index (κ3) is 4.94. The number of carbonyl (C=O) groups excluding carboxylic acids is 1. The van der Waals surface area contributed by atoms with Crippen molar-refractivity contribution < 1.29 is 4.79 Å². The minimum Gasteiger partial charge on any atom is -0.342 e. The average molecular weight is 343 g/mol. The van der Waals surface area contributed by atoms with Crippen LogP contribution in [0, 0.1) is 11.8 Å². The van der Waals surface area contributed by atoms with Gasteiger partial charge in [-0.2, -0.15) is 4.98 Å². The summed E-state index contributed by atoms with van der Waals surface area (Å²) in [5.41, 5.74) is 0. The van der Waals surface area contributed by atoms with Gasteiger partial charge in [-0.1, -0.05) is 39.5 Å². The summed E-state index contributed by atoms with van der Waals surface area (Å²) in [7, 11) is 0. The predicted molar refractivity (Wildman–Crippen MR) is 98.2 cm³/mol. The SMILES string of the molecule is CC(C)C[C@@H](C(=O)Nc1n[nH]c(CCC2CCCC2)n1)n1cccc1. The molecule has 0 radical (unpaired) electrons. The number of rotatable bonds is 8. The molecule has 0 bridgehead atoms. The summed E-state index contributed by atoms with van der Waals surface area (Å²) < 4.78 is 1.95. The molecule has 1 aliphatic rings. The molecule has 0 saturated heterocycles. The number of nitrogens with zero attached hydrogens (tertiary/aromatic N) is 3. The van der Waals surface area contributed by atoms with E-state index in [4.69, 9.17) is 0 Å². The van der Waals surface area contributed by atoms with Crippen molar-refractivity contribution in [1.82, 2.24) is 19.7 Å². The molecular formula is C19H29N5O. The fourth-order valence-electron chi connectivity index (χ4n) is 3.66. The third-order valence-electron chi connectivity index (χ3n) is 5.02. The Bertz CT molecular complexity index is 655. The predicted octanol–water partition coefficient (Wildman–Crippen LogP) is 3.95. The smallest absolute Gasteiger partial charge is 0.249 e. The van der Waals surface area contributed by atoms with Gasteiger partial charge in [-0.25, -0.2) is 0 Å². The number of anilines is 1. The van der Waals surface area contributed by atoms with Crippen LogP contribution >= 0.6 is 0 Å². The van der Waals surface area contributed by atoms with Crippen LogP contribution < -0.4 is 5.32 Å². The van der Waals surface area contributed by atoms with E-state index in [1.165, 1.54) is 25.7 Å². The summed E-state index contributed by atoms with van der Waals surface area (Å²) in [6.45, 7) is 4.25. The number of nitrogens with one attached hydrogen (secondary N) is 2. The van der Waals surface area contributed by atoms with Crippen molar-refractivity contribution in [1.29, 1.82) is 0 Å². The summed E-state index contributed by atoms with van der Waals surface area (Å²) in [5, 5.41) is 10.0. The van der Waals surface area contributed by atoms with E-state index in [1.54, 1.807) is 0 Å². The van der Waals surface area contributed by atoms with Gasteiger partial charge in [0.1, 0.15) is 11.9 Å². The Morgan fingerprint density at radius 2 is 2.04 bits per heavy atom. The van der Waals surface area contributed by atoms with E-state index in [1.807, 2.05) is 29.1 Å². The first-order valence-corrected chi connectivity index (χ1v) is 9.46. The van der Waals surface area contributed by atoms with Gasteiger partial charge in [0.2, 0.25) is 11.9 Å². The summed E-state index contributed by atoms with van der Waals surface area (Å²) in [6.07, 6.45) is 12.1. The van der Waals surface area contributed by atoms with Crippen LogP contribution in [-0.2, 0) is 11.2 Å². The van der Waals surface area contributed by atoms with Gasteiger partial charge in [0.25, 0.3) is 0 Å². The zero-order valence-electron chi connectivity index (χ0n) is 15.2. The Labute approximate surface area is 149 Å². The zero-order valence-corrected chi connectivity index (χ0v) is 15.2. The lowest BCUT2D eigenvalue weighted by Crippen LogP contribution is -2.27. The fourth-order valence-corrected chi connectivity index (χ4v) is 3.66. The van der Waals surface area contributed by atoms with Gasteiger partial charge in [-0.05, 0) is 36.8 Å². The van der Waals surface area contributed by atoms with Gasteiger partial charge in [-0.3, -0.25) is 15.2 Å². The highest BCUT2D eigenvalue weighted by Crippen LogP contribution is 2.28. The summed E-state index contributed by atoms with van der Waals surface area (Å²) in [6, 6.07) is 3.64. The monoisotopic (exact) mass is 343 g/mol. The molecule has 1 aliphatic carbocycles. The van der Waals surface area contributed by atoms with Crippen molar-refractivity contribution in [3.8, 4) is 0 Å². The summed E-state index contributed by atoms with van der Waals surface area (Å²) in [5.74, 6) is 2.43. The minimum atomic E-state index is -0.240. The lowest BCUT2D eigenvalue weighted by molar-refractivity contribution is -0.119. The molecule has 0 spiro atoms. The molecule has 25 heavy (non-hydrogen) atoms. The number of aromatic amines is 1. The normalized spacial score (nSPS) is 16.4. The van der Waals surface area contributed by atoms with Gasteiger partial charge in [0, 0.05) is 18.8 Å². The summed E-state index contributed by atoms with van der Waals surface area (Å²) in [4.78, 5) is 17.1. The van der Waals surface area contributed by atoms with Crippen LogP contribution in [0.15, 0.2) is 24.5 Å². The minimum absolute atomic E-state index is 0.0637. The van der Waals surface area contributed by atoms with Gasteiger partial charge >= 0.3 is 0 Å². The average Bonchev–Trinajstić information content (AvgIpc) is 3.32. The molecule has 0 aliphatic heterocycles. The topological polar surface area (TPSA) is 75.6 Å². The molecule has 1 amide bonds. The highest BCUT2D eigenvalue weighted by Gasteiger charge is 2.22. The van der Waals surface area contributed by atoms with E-state index >= 15 is 0 Å². The molecule has 2 heterocycles. The van der Waals surface area contributed by atoms with Gasteiger partial charge in [-0.15, -0.1) is 5.10 Å². The van der Waals surface area contributed by atoms with Gasteiger partial charge < -0.3 is 4.57 Å². The van der Waals surface area contributed by atoms with Crippen LogP contribution in [-0.4, -0.2) is 25.7 Å². The molecule has 1 atom stereocenters. The maximum atomic E-state index is 12.7. The number of aryl methyl sites for hydroxylation is 1. The van der Waals surface area contributed by atoms with Gasteiger partial charge in [0.15, 0.2) is 0 Å². The van der Waals surface area contributed by atoms with Crippen molar-refractivity contribution in [2.75, 3.05) is 5.32 Å². The van der Waals surface area contributed by atoms with E-state index in [0.29, 0.717) is 11.9 Å². The molecule has 0 aromatic carbocycles. The van der Waals surface area contributed by atoms with Crippen molar-refractivity contribution in [3.63, 3.8) is 0 Å². The first-order valence-electron chi connectivity index (χ1n) is 9.46. The van der Waals surface area contributed by atoms with Gasteiger partial charge in [0.05, 0.1) is 0 Å². The molecule has 136 valence electrons. The zero-order chi connectivity index (χ0) is 17.6. The van der Waals surface area contributed by atoms with Crippen LogP contribution in [0.4, 0.5) is 5.95 Å². The van der Waals surface area contributed by atoms with Crippen molar-refractivity contribution >= 4 is 11.9 Å². The Morgan fingerprint density at radius 1 is 1.32 bits per heavy atom. The number of aromatic nitrogens is 4. The molecule has 2 aromatic rings. The van der Waals surface area contributed by atoms with E-state index in [-0.39, 0.29) is 11.9 Å². The molecule has 2 N–H and O–H groups in total. The maximum absolute atomic E-state index is 12.7. The van der Waals surface area contributed by atoms with Crippen LogP contribution in [0.5, 0.6) is 0 Å². The maximum Gasteiger partial charge on any atom is 0.249 e. The molecule has 1 fully saturated rings. The van der Waals surface area contributed by atoms with Crippen molar-refractivity contribution in [2.45, 2.75) is 64.8 Å². The van der Waals surface area contributed by atoms with Crippen molar-refractivity contribution in [2.24, 2.45) is 11.8 Å². The third-order valence-corrected chi connectivity index (χ3v) is 5.02. The number of hydrogen-bond donors (Lipinski definition) is 2. The van der Waals surface area contributed by atoms with E-state index in [9.17, 15) is 4.79 Å². The van der Waals surface area contributed by atoms with E-state index in [2.05, 4.69) is 34.3 Å². The second kappa shape index (κ2) is 8.32. The number of amides is 1. The number of H-pyrrole nitrogens is 1. The van der Waals surface area contributed by atoms with Crippen LogP contribution in [0.3, 0.4) is 0 Å². The second-order valence-corrected chi connectivity index (χ2v) is 7.56. The molecular weight excluding hydrogens is 314 g/mol. The Balaban J connectivity index is 1.57. The van der Waals surface area contributed by atoms with E-state index in [0.717, 1.165) is 31.0 Å². The molecule has 2 aromatic heterocycles. The van der Waals surface area contributed by atoms with Crippen LogP contribution in [0.1, 0.15) is 64.2 Å². The van der Waals surface area contributed by atoms with E-state index < -0.39 is 0 Å². The fraction of sp³-hybridized carbons (Fsp3) is 0.632. The Kier molecular flexibility index (Phi) is 5.89. The molecule has 6 nitrogen and oxygen atoms in total. The quantitative estimate of drug-likeness (QED) is 0.762. The molecule has 6 heteroatoms. The standard InChI is InChI=1S/C19H29N5O/c1-14(2)13-16(24-11-5-6-12-24)18(25)21-19-20-17(22-23-19)10-9-15-7-3-4-8-15/h5-6,11-12,14-16H,3-4,7-10,13H2,1-2H3,(H2,20,21,22,23,25)/t16-/m0/s1. The summed E-state index contributed by atoms with van der Waals surface area (Å²) >= 11 is 0. The first kappa shape index (κ1) is 17.7. The van der Waals surface area contributed by atoms with Crippen LogP contribution in [0.25, 0.3) is 0 Å². The molecule has 3 rings (SSSR count). The number of hydrogen-bond acceptors (Lipinski definition) is 3. The highest BCUT2D eigenvalue weighted by atomic mass is 16.2. The second-order valence-electron chi connectivity index (χ2n) is 7.56. The molecule has 0 unspecified atom stereocenters. The Morgan fingerprint density at radius 3 is 2.72 bits per heavy atom. The highest BCUT2D eigenvalue weighted by molar-refractivity contribution is 5.92.